The van der Waals surface area contributed by atoms with Crippen LogP contribution in [0.2, 0.25) is 0 Å². The van der Waals surface area contributed by atoms with Gasteiger partial charge in [-0.05, 0) is 37.3 Å². The van der Waals surface area contributed by atoms with Gasteiger partial charge in [-0.1, -0.05) is 30.0 Å². The lowest BCUT2D eigenvalue weighted by atomic mass is 10.3. The monoisotopic (exact) mass is 377 g/mol. The van der Waals surface area contributed by atoms with Crippen LogP contribution >= 0.6 is 11.8 Å². The molecule has 3 rings (SSSR count). The van der Waals surface area contributed by atoms with Gasteiger partial charge in [0.05, 0.1) is 10.1 Å². The number of aromatic nitrogens is 1. The first-order valence-corrected chi connectivity index (χ1v) is 9.71. The van der Waals surface area contributed by atoms with Crippen molar-refractivity contribution >= 4 is 44.5 Å². The van der Waals surface area contributed by atoms with E-state index in [2.05, 4.69) is 10.3 Å². The highest BCUT2D eigenvalue weighted by atomic mass is 32.2. The topological polar surface area (TPSA) is 115 Å². The van der Waals surface area contributed by atoms with Gasteiger partial charge in [-0.25, -0.2) is 18.5 Å². The Morgan fingerprint density at radius 2 is 2.00 bits per heavy atom. The fraction of sp³-hybridized carbons (Fsp3) is 0.125. The van der Waals surface area contributed by atoms with Gasteiger partial charge in [0.25, 0.3) is 5.22 Å². The van der Waals surface area contributed by atoms with Crippen LogP contribution in [0, 0.1) is 0 Å². The fourth-order valence-corrected chi connectivity index (χ4v) is 3.42. The Balaban J connectivity index is 1.70. The van der Waals surface area contributed by atoms with Gasteiger partial charge < -0.3 is 9.73 Å². The molecule has 0 saturated carbocycles. The van der Waals surface area contributed by atoms with E-state index >= 15 is 0 Å². The summed E-state index contributed by atoms with van der Waals surface area (Å²) in [7, 11) is -3.83. The molecule has 1 unspecified atom stereocenters. The van der Waals surface area contributed by atoms with Crippen LogP contribution in [0.5, 0.6) is 0 Å². The molecule has 0 bridgehead atoms. The Morgan fingerprint density at radius 3 is 2.72 bits per heavy atom. The molecule has 1 atom stereocenters. The number of fused-ring (bicyclic) bond motifs is 1. The number of sulfonamides is 1. The van der Waals surface area contributed by atoms with Crippen LogP contribution in [0.25, 0.3) is 11.1 Å². The third kappa shape index (κ3) is 4.19. The molecule has 0 fully saturated rings. The summed E-state index contributed by atoms with van der Waals surface area (Å²) in [6.07, 6.45) is 0. The molecule has 0 aliphatic rings. The van der Waals surface area contributed by atoms with Crippen molar-refractivity contribution in [2.24, 2.45) is 5.14 Å². The predicted molar refractivity (Wildman–Crippen MR) is 95.8 cm³/mol. The number of hydrogen-bond acceptors (Lipinski definition) is 6. The summed E-state index contributed by atoms with van der Waals surface area (Å²) in [4.78, 5) is 16.6. The maximum absolute atomic E-state index is 12.3. The number of nitrogens with two attached hydrogens (primary N) is 1. The second kappa shape index (κ2) is 6.87. The van der Waals surface area contributed by atoms with Crippen molar-refractivity contribution in [3.05, 3.63) is 48.5 Å². The minimum absolute atomic E-state index is 0.0652. The molecule has 25 heavy (non-hydrogen) atoms. The molecule has 3 N–H and O–H groups in total. The fourth-order valence-electron chi connectivity index (χ4n) is 2.10. The number of hydrogen-bond donors (Lipinski definition) is 2. The van der Waals surface area contributed by atoms with Crippen molar-refractivity contribution in [2.45, 2.75) is 22.3 Å². The number of thioether (sulfide) groups is 1. The quantitative estimate of drug-likeness (QED) is 0.660. The molecule has 0 aliphatic heterocycles. The number of carbonyl (C=O) groups is 1. The zero-order chi connectivity index (χ0) is 18.0. The van der Waals surface area contributed by atoms with Crippen molar-refractivity contribution in [3.63, 3.8) is 0 Å². The second-order valence-corrected chi connectivity index (χ2v) is 8.12. The van der Waals surface area contributed by atoms with Gasteiger partial charge in [-0.3, -0.25) is 4.79 Å². The van der Waals surface area contributed by atoms with E-state index in [0.29, 0.717) is 16.5 Å². The van der Waals surface area contributed by atoms with Crippen LogP contribution in [0.1, 0.15) is 6.92 Å². The molecule has 2 aromatic carbocycles. The lowest BCUT2D eigenvalue weighted by Crippen LogP contribution is -2.22. The van der Waals surface area contributed by atoms with E-state index in [1.807, 2.05) is 18.2 Å². The minimum Gasteiger partial charge on any atom is -0.431 e. The van der Waals surface area contributed by atoms with Crippen molar-refractivity contribution in [1.29, 1.82) is 0 Å². The van der Waals surface area contributed by atoms with Gasteiger partial charge in [-0.15, -0.1) is 0 Å². The first-order valence-electron chi connectivity index (χ1n) is 7.29. The van der Waals surface area contributed by atoms with Crippen molar-refractivity contribution < 1.29 is 17.6 Å². The van der Waals surface area contributed by atoms with Gasteiger partial charge in [0.2, 0.25) is 15.9 Å². The minimum atomic E-state index is -3.83. The average Bonchev–Trinajstić information content (AvgIpc) is 2.96. The molecule has 0 spiro atoms. The lowest BCUT2D eigenvalue weighted by molar-refractivity contribution is -0.115. The number of carbonyl (C=O) groups excluding carboxylic acids is 1. The number of nitrogens with zero attached hydrogens (tertiary/aromatic N) is 1. The van der Waals surface area contributed by atoms with E-state index in [1.165, 1.54) is 30.0 Å². The Kier molecular flexibility index (Phi) is 4.80. The number of nitrogens with one attached hydrogen (secondary N) is 1. The van der Waals surface area contributed by atoms with E-state index in [9.17, 15) is 13.2 Å². The highest BCUT2D eigenvalue weighted by molar-refractivity contribution is 8.00. The summed E-state index contributed by atoms with van der Waals surface area (Å²) >= 11 is 1.17. The Labute approximate surface area is 148 Å². The van der Waals surface area contributed by atoms with Crippen LogP contribution in [0.15, 0.2) is 63.1 Å². The molecule has 7 nitrogen and oxygen atoms in total. The van der Waals surface area contributed by atoms with Crippen LogP contribution in [-0.4, -0.2) is 24.6 Å². The van der Waals surface area contributed by atoms with Gasteiger partial charge >= 0.3 is 0 Å². The third-order valence-electron chi connectivity index (χ3n) is 3.35. The number of anilines is 1. The van der Waals surface area contributed by atoms with Crippen molar-refractivity contribution in [2.75, 3.05) is 5.32 Å². The second-order valence-electron chi connectivity index (χ2n) is 5.27. The van der Waals surface area contributed by atoms with Gasteiger partial charge in [0, 0.05) is 5.69 Å². The number of amides is 1. The summed E-state index contributed by atoms with van der Waals surface area (Å²) in [5, 5.41) is 7.65. The molecular formula is C16H15N3O4S2. The number of primary sulfonamides is 1. The van der Waals surface area contributed by atoms with Gasteiger partial charge in [0.15, 0.2) is 5.58 Å². The van der Waals surface area contributed by atoms with E-state index in [0.717, 1.165) is 5.52 Å². The van der Waals surface area contributed by atoms with E-state index in [1.54, 1.807) is 19.1 Å². The number of para-hydroxylation sites is 2. The van der Waals surface area contributed by atoms with E-state index in [-0.39, 0.29) is 10.8 Å². The smallest absolute Gasteiger partial charge is 0.257 e. The third-order valence-corrected chi connectivity index (χ3v) is 5.21. The van der Waals surface area contributed by atoms with Gasteiger partial charge in [-0.2, -0.15) is 0 Å². The molecule has 1 amide bonds. The maximum atomic E-state index is 12.3. The van der Waals surface area contributed by atoms with E-state index < -0.39 is 15.3 Å². The Bertz CT molecular complexity index is 998. The molecule has 130 valence electrons. The lowest BCUT2D eigenvalue weighted by Gasteiger charge is -2.10. The predicted octanol–water partition coefficient (Wildman–Crippen LogP) is 2.59. The van der Waals surface area contributed by atoms with Crippen molar-refractivity contribution in [1.82, 2.24) is 4.98 Å². The SMILES string of the molecule is CC(Sc1nc2ccccc2o1)C(=O)Nc1cccc(S(N)(=O)=O)c1. The van der Waals surface area contributed by atoms with E-state index in [4.69, 9.17) is 9.56 Å². The largest absolute Gasteiger partial charge is 0.431 e. The summed E-state index contributed by atoms with van der Waals surface area (Å²) in [6.45, 7) is 1.71. The van der Waals surface area contributed by atoms with Crippen LogP contribution in [0.4, 0.5) is 5.69 Å². The molecule has 0 saturated heterocycles. The molecule has 3 aromatic rings. The average molecular weight is 377 g/mol. The number of benzene rings is 2. The summed E-state index contributed by atoms with van der Waals surface area (Å²) in [6, 6.07) is 13.1. The zero-order valence-electron chi connectivity index (χ0n) is 13.2. The number of oxazole rings is 1. The van der Waals surface area contributed by atoms with Gasteiger partial charge in [0.1, 0.15) is 5.52 Å². The van der Waals surface area contributed by atoms with Crippen LogP contribution in [0.3, 0.4) is 0 Å². The number of rotatable bonds is 5. The summed E-state index contributed by atoms with van der Waals surface area (Å²) in [5.41, 5.74) is 1.72. The molecular weight excluding hydrogens is 362 g/mol. The molecule has 1 heterocycles. The van der Waals surface area contributed by atoms with Crippen LogP contribution < -0.4 is 10.5 Å². The van der Waals surface area contributed by atoms with Crippen molar-refractivity contribution in [3.8, 4) is 0 Å². The molecule has 0 aliphatic carbocycles. The van der Waals surface area contributed by atoms with Crippen LogP contribution in [-0.2, 0) is 14.8 Å². The standard InChI is InChI=1S/C16H15N3O4S2/c1-10(24-16-19-13-7-2-3-8-14(13)23-16)15(20)18-11-5-4-6-12(9-11)25(17,21)22/h2-10H,1H3,(H,18,20)(H2,17,21,22). The summed E-state index contributed by atoms with van der Waals surface area (Å²) < 4.78 is 28.3. The molecule has 9 heteroatoms. The molecule has 0 radical (unpaired) electrons. The summed E-state index contributed by atoms with van der Waals surface area (Å²) in [5.74, 6) is -0.307. The zero-order valence-corrected chi connectivity index (χ0v) is 14.8. The Hall–Kier alpha value is -2.36. The highest BCUT2D eigenvalue weighted by Gasteiger charge is 2.19. The molecule has 1 aromatic heterocycles. The normalized spacial score (nSPS) is 12.9. The Morgan fingerprint density at radius 1 is 1.24 bits per heavy atom. The highest BCUT2D eigenvalue weighted by Crippen LogP contribution is 2.27. The maximum Gasteiger partial charge on any atom is 0.257 e. The first kappa shape index (κ1) is 17.5. The first-order chi connectivity index (χ1) is 11.8.